The molecule has 0 radical (unpaired) electrons. The van der Waals surface area contributed by atoms with Crippen LogP contribution in [0, 0.1) is 5.92 Å². The van der Waals surface area contributed by atoms with Crippen LogP contribution in [-0.2, 0) is 14.3 Å². The van der Waals surface area contributed by atoms with Gasteiger partial charge in [-0.25, -0.2) is 4.98 Å². The Labute approximate surface area is 153 Å². The lowest BCUT2D eigenvalue weighted by molar-refractivity contribution is -0.159. The molecule has 3 heterocycles. The second-order valence-corrected chi connectivity index (χ2v) is 6.68. The number of aromatic amines is 1. The van der Waals surface area contributed by atoms with Gasteiger partial charge in [0.05, 0.1) is 12.9 Å². The zero-order valence-corrected chi connectivity index (χ0v) is 14.8. The molecule has 0 aromatic carbocycles. The lowest BCUT2D eigenvalue weighted by Crippen LogP contribution is -2.44. The molecule has 1 aliphatic rings. The minimum Gasteiger partial charge on any atom is -0.455 e. The maximum atomic E-state index is 12.2. The third kappa shape index (κ3) is 3.39. The number of carbonyl (C=O) groups is 1. The van der Waals surface area contributed by atoms with E-state index in [1.54, 1.807) is 13.8 Å². The molecule has 0 aliphatic carbocycles. The predicted octanol–water partition coefficient (Wildman–Crippen LogP) is -2.15. The van der Waals surface area contributed by atoms with Crippen LogP contribution < -0.4 is 17.0 Å². The molecule has 7 N–H and O–H groups in total. The zero-order valence-electron chi connectivity index (χ0n) is 14.8. The SMILES string of the molecule is CC(C)[C@H](N)C(=O)O[C@H]1[C@H](O)[C@H](n2cnc3c(=O)[nH]c(N)nc32)O[C@@H]1CO. The Morgan fingerprint density at radius 1 is 1.52 bits per heavy atom. The van der Waals surface area contributed by atoms with Crippen molar-refractivity contribution < 1.29 is 24.5 Å². The van der Waals surface area contributed by atoms with Gasteiger partial charge in [-0.1, -0.05) is 13.8 Å². The van der Waals surface area contributed by atoms with Crippen LogP contribution in [0.15, 0.2) is 11.1 Å². The van der Waals surface area contributed by atoms with Crippen molar-refractivity contribution in [3.05, 3.63) is 16.7 Å². The fraction of sp³-hybridized carbons (Fsp3) is 0.600. The van der Waals surface area contributed by atoms with Gasteiger partial charge in [-0.2, -0.15) is 4.98 Å². The Morgan fingerprint density at radius 3 is 2.85 bits per heavy atom. The summed E-state index contributed by atoms with van der Waals surface area (Å²) in [6.45, 7) is 3.00. The first-order valence-electron chi connectivity index (χ1n) is 8.37. The van der Waals surface area contributed by atoms with Crippen LogP contribution in [0.1, 0.15) is 20.1 Å². The number of aromatic nitrogens is 4. The molecule has 1 aliphatic heterocycles. The Hall–Kier alpha value is -2.54. The number of hydrogen-bond acceptors (Lipinski definition) is 10. The van der Waals surface area contributed by atoms with E-state index in [0.717, 1.165) is 0 Å². The number of H-pyrrole nitrogens is 1. The standard InChI is InChI=1S/C15H22N6O6/c1-5(2)7(16)14(25)27-10-6(3-22)26-13(9(10)23)21-4-18-8-11(21)19-15(17)20-12(8)24/h4-7,9-10,13,22-23H,3,16H2,1-2H3,(H3,17,19,20,24)/t6-,7+,9+,10-,13-/m1/s1. The quantitative estimate of drug-likeness (QED) is 0.356. The number of rotatable bonds is 5. The summed E-state index contributed by atoms with van der Waals surface area (Å²) in [6.07, 6.45) is -3.36. The normalized spacial score (nSPS) is 26.6. The summed E-state index contributed by atoms with van der Waals surface area (Å²) < 4.78 is 12.2. The van der Waals surface area contributed by atoms with Gasteiger partial charge in [-0.15, -0.1) is 0 Å². The van der Waals surface area contributed by atoms with E-state index in [4.69, 9.17) is 20.9 Å². The number of anilines is 1. The van der Waals surface area contributed by atoms with Crippen LogP contribution in [0.3, 0.4) is 0 Å². The summed E-state index contributed by atoms with van der Waals surface area (Å²) in [4.78, 5) is 34.3. The topological polar surface area (TPSA) is 192 Å². The molecule has 148 valence electrons. The third-order valence-corrected chi connectivity index (χ3v) is 4.46. The number of nitrogens with two attached hydrogens (primary N) is 2. The molecule has 12 nitrogen and oxygen atoms in total. The highest BCUT2D eigenvalue weighted by Crippen LogP contribution is 2.33. The van der Waals surface area contributed by atoms with Crippen molar-refractivity contribution in [2.75, 3.05) is 12.3 Å². The molecule has 0 saturated carbocycles. The molecule has 0 unspecified atom stereocenters. The highest BCUT2D eigenvalue weighted by atomic mass is 16.6. The van der Waals surface area contributed by atoms with Crippen LogP contribution >= 0.6 is 0 Å². The molecule has 0 bridgehead atoms. The fourth-order valence-electron chi connectivity index (χ4n) is 2.86. The number of aliphatic hydroxyl groups is 2. The van der Waals surface area contributed by atoms with Crippen molar-refractivity contribution >= 4 is 23.1 Å². The average molecular weight is 382 g/mol. The minimum atomic E-state index is -1.36. The van der Waals surface area contributed by atoms with Gasteiger partial charge in [0.25, 0.3) is 5.56 Å². The molecule has 5 atom stereocenters. The summed E-state index contributed by atoms with van der Waals surface area (Å²) in [6, 6.07) is -0.885. The van der Waals surface area contributed by atoms with E-state index in [1.165, 1.54) is 10.9 Å². The number of nitrogen functional groups attached to an aromatic ring is 1. The third-order valence-electron chi connectivity index (χ3n) is 4.46. The molecule has 3 rings (SSSR count). The first-order chi connectivity index (χ1) is 12.7. The summed E-state index contributed by atoms with van der Waals surface area (Å²) in [5, 5.41) is 20.2. The Kier molecular flexibility index (Phi) is 5.15. The number of ether oxygens (including phenoxy) is 2. The molecular weight excluding hydrogens is 360 g/mol. The zero-order chi connectivity index (χ0) is 19.9. The van der Waals surface area contributed by atoms with Gasteiger partial charge in [-0.05, 0) is 5.92 Å². The number of carbonyl (C=O) groups excluding carboxylic acids is 1. The van der Waals surface area contributed by atoms with Gasteiger partial charge in [0, 0.05) is 0 Å². The number of nitrogens with zero attached hydrogens (tertiary/aromatic N) is 3. The van der Waals surface area contributed by atoms with Crippen LogP contribution in [-0.4, -0.2) is 66.7 Å². The number of esters is 1. The molecule has 2 aromatic rings. The number of nitrogens with one attached hydrogen (secondary N) is 1. The van der Waals surface area contributed by atoms with Gasteiger partial charge in [0.2, 0.25) is 5.95 Å². The fourth-order valence-corrected chi connectivity index (χ4v) is 2.86. The maximum absolute atomic E-state index is 12.2. The average Bonchev–Trinajstić information content (AvgIpc) is 3.16. The summed E-state index contributed by atoms with van der Waals surface area (Å²) in [5.74, 6) is -1.02. The molecule has 0 amide bonds. The molecule has 12 heteroatoms. The van der Waals surface area contributed by atoms with Crippen LogP contribution in [0.25, 0.3) is 11.2 Å². The van der Waals surface area contributed by atoms with E-state index in [-0.39, 0.29) is 23.0 Å². The molecule has 27 heavy (non-hydrogen) atoms. The van der Waals surface area contributed by atoms with E-state index in [1.807, 2.05) is 0 Å². The molecule has 1 fully saturated rings. The van der Waals surface area contributed by atoms with E-state index < -0.39 is 48.7 Å². The molecule has 2 aromatic heterocycles. The van der Waals surface area contributed by atoms with Crippen molar-refractivity contribution in [1.29, 1.82) is 0 Å². The number of aliphatic hydroxyl groups excluding tert-OH is 2. The van der Waals surface area contributed by atoms with Crippen molar-refractivity contribution in [2.45, 2.75) is 44.4 Å². The second kappa shape index (κ2) is 7.23. The van der Waals surface area contributed by atoms with Gasteiger partial charge in [-0.3, -0.25) is 19.1 Å². The number of hydrogen-bond donors (Lipinski definition) is 5. The Morgan fingerprint density at radius 2 is 2.22 bits per heavy atom. The number of fused-ring (bicyclic) bond motifs is 1. The predicted molar refractivity (Wildman–Crippen MR) is 92.3 cm³/mol. The van der Waals surface area contributed by atoms with E-state index in [9.17, 15) is 19.8 Å². The maximum Gasteiger partial charge on any atom is 0.323 e. The Bertz CT molecular complexity index is 895. The number of imidazole rings is 1. The molecule has 1 saturated heterocycles. The summed E-state index contributed by atoms with van der Waals surface area (Å²) in [5.41, 5.74) is 10.9. The smallest absolute Gasteiger partial charge is 0.323 e. The van der Waals surface area contributed by atoms with Gasteiger partial charge >= 0.3 is 5.97 Å². The second-order valence-electron chi connectivity index (χ2n) is 6.68. The van der Waals surface area contributed by atoms with Crippen LogP contribution in [0.4, 0.5) is 5.95 Å². The first kappa shape index (κ1) is 19.2. The monoisotopic (exact) mass is 382 g/mol. The van der Waals surface area contributed by atoms with Crippen LogP contribution in [0.5, 0.6) is 0 Å². The van der Waals surface area contributed by atoms with E-state index >= 15 is 0 Å². The highest BCUT2D eigenvalue weighted by Gasteiger charge is 2.48. The van der Waals surface area contributed by atoms with Crippen molar-refractivity contribution in [1.82, 2.24) is 19.5 Å². The highest BCUT2D eigenvalue weighted by molar-refractivity contribution is 5.76. The lowest BCUT2D eigenvalue weighted by Gasteiger charge is -2.23. The lowest BCUT2D eigenvalue weighted by atomic mass is 10.1. The molecular formula is C15H22N6O6. The van der Waals surface area contributed by atoms with Crippen molar-refractivity contribution in [3.63, 3.8) is 0 Å². The van der Waals surface area contributed by atoms with E-state index in [2.05, 4.69) is 15.0 Å². The van der Waals surface area contributed by atoms with Crippen molar-refractivity contribution in [3.8, 4) is 0 Å². The summed E-state index contributed by atoms with van der Waals surface area (Å²) in [7, 11) is 0. The Balaban J connectivity index is 1.91. The first-order valence-corrected chi connectivity index (χ1v) is 8.37. The van der Waals surface area contributed by atoms with Crippen molar-refractivity contribution in [2.24, 2.45) is 11.7 Å². The summed E-state index contributed by atoms with van der Waals surface area (Å²) >= 11 is 0. The minimum absolute atomic E-state index is 0.00261. The van der Waals surface area contributed by atoms with Gasteiger partial charge in [0.1, 0.15) is 18.2 Å². The van der Waals surface area contributed by atoms with Gasteiger partial charge in [0.15, 0.2) is 23.5 Å². The van der Waals surface area contributed by atoms with Crippen LogP contribution in [0.2, 0.25) is 0 Å². The molecule has 0 spiro atoms. The largest absolute Gasteiger partial charge is 0.455 e. The van der Waals surface area contributed by atoms with Gasteiger partial charge < -0.3 is 31.2 Å². The van der Waals surface area contributed by atoms with E-state index in [0.29, 0.717) is 0 Å².